The van der Waals surface area contributed by atoms with E-state index in [0.29, 0.717) is 11.0 Å². The van der Waals surface area contributed by atoms with E-state index in [1.54, 1.807) is 0 Å². The average molecular weight is 279 g/mol. The van der Waals surface area contributed by atoms with Gasteiger partial charge in [0.1, 0.15) is 11.6 Å². The fourth-order valence-corrected chi connectivity index (χ4v) is 1.57. The van der Waals surface area contributed by atoms with Gasteiger partial charge in [-0.2, -0.15) is 0 Å². The highest BCUT2D eigenvalue weighted by Crippen LogP contribution is 2.19. The van der Waals surface area contributed by atoms with Crippen molar-refractivity contribution in [3.63, 3.8) is 0 Å². The Labute approximate surface area is 96.2 Å². The summed E-state index contributed by atoms with van der Waals surface area (Å²) >= 11 is 3.03. The molecule has 0 spiro atoms. The zero-order valence-corrected chi connectivity index (χ0v) is 10.00. The Balaban J connectivity index is 2.60. The van der Waals surface area contributed by atoms with Crippen LogP contribution in [0.25, 0.3) is 0 Å². The highest BCUT2D eigenvalue weighted by molar-refractivity contribution is 9.10. The number of rotatable bonds is 5. The molecule has 1 aromatic carbocycles. The van der Waals surface area contributed by atoms with Gasteiger partial charge in [0.05, 0.1) is 0 Å². The molecule has 1 aromatic rings. The van der Waals surface area contributed by atoms with Gasteiger partial charge >= 0.3 is 0 Å². The molecule has 2 nitrogen and oxygen atoms in total. The van der Waals surface area contributed by atoms with Gasteiger partial charge < -0.3 is 10.6 Å². The summed E-state index contributed by atoms with van der Waals surface area (Å²) in [4.78, 5) is 0. The van der Waals surface area contributed by atoms with Crippen molar-refractivity contribution in [2.45, 2.75) is 6.54 Å². The quantitative estimate of drug-likeness (QED) is 0.806. The summed E-state index contributed by atoms with van der Waals surface area (Å²) < 4.78 is 27.0. The summed E-state index contributed by atoms with van der Waals surface area (Å²) in [5, 5.41) is 5.88. The van der Waals surface area contributed by atoms with Crippen molar-refractivity contribution >= 4 is 15.9 Å². The summed E-state index contributed by atoms with van der Waals surface area (Å²) in [6.45, 7) is 1.64. The van der Waals surface area contributed by atoms with Crippen LogP contribution in [0.4, 0.5) is 8.78 Å². The zero-order valence-electron chi connectivity index (χ0n) is 8.41. The number of benzene rings is 1. The third kappa shape index (κ3) is 3.85. The highest BCUT2D eigenvalue weighted by Gasteiger charge is 2.09. The SMILES string of the molecule is CNCCNCc1c(F)cc(Br)cc1F. The van der Waals surface area contributed by atoms with Crippen molar-refractivity contribution in [2.24, 2.45) is 0 Å². The molecule has 0 saturated heterocycles. The largest absolute Gasteiger partial charge is 0.318 e. The van der Waals surface area contributed by atoms with Gasteiger partial charge in [-0.15, -0.1) is 0 Å². The lowest BCUT2D eigenvalue weighted by Gasteiger charge is -2.07. The van der Waals surface area contributed by atoms with Crippen LogP contribution in [-0.4, -0.2) is 20.1 Å². The van der Waals surface area contributed by atoms with E-state index in [0.717, 1.165) is 6.54 Å². The molecule has 0 aliphatic heterocycles. The lowest BCUT2D eigenvalue weighted by molar-refractivity contribution is 0.532. The number of hydrogen-bond acceptors (Lipinski definition) is 2. The van der Waals surface area contributed by atoms with E-state index in [-0.39, 0.29) is 12.1 Å². The highest BCUT2D eigenvalue weighted by atomic mass is 79.9. The van der Waals surface area contributed by atoms with Gasteiger partial charge in [-0.1, -0.05) is 15.9 Å². The minimum absolute atomic E-state index is 0.0781. The second-order valence-electron chi connectivity index (χ2n) is 3.13. The first kappa shape index (κ1) is 12.5. The van der Waals surface area contributed by atoms with Gasteiger partial charge in [0.25, 0.3) is 0 Å². The van der Waals surface area contributed by atoms with Crippen molar-refractivity contribution in [1.29, 1.82) is 0 Å². The zero-order chi connectivity index (χ0) is 11.3. The molecule has 0 saturated carbocycles. The molecule has 0 bridgehead atoms. The third-order valence-corrected chi connectivity index (χ3v) is 2.42. The molecule has 0 heterocycles. The van der Waals surface area contributed by atoms with E-state index in [9.17, 15) is 8.78 Å². The van der Waals surface area contributed by atoms with Gasteiger partial charge in [-0.3, -0.25) is 0 Å². The molecular formula is C10H13BrF2N2. The van der Waals surface area contributed by atoms with Crippen LogP contribution in [0.3, 0.4) is 0 Å². The lowest BCUT2D eigenvalue weighted by atomic mass is 10.2. The molecule has 0 fully saturated rings. The fraction of sp³-hybridized carbons (Fsp3) is 0.400. The van der Waals surface area contributed by atoms with E-state index in [1.807, 2.05) is 7.05 Å². The summed E-state index contributed by atoms with van der Waals surface area (Å²) in [6, 6.07) is 2.52. The number of hydrogen-bond donors (Lipinski definition) is 2. The first-order chi connectivity index (χ1) is 7.15. The van der Waals surface area contributed by atoms with Crippen LogP contribution in [0.1, 0.15) is 5.56 Å². The Morgan fingerprint density at radius 3 is 2.33 bits per heavy atom. The van der Waals surface area contributed by atoms with Crippen molar-refractivity contribution in [2.75, 3.05) is 20.1 Å². The second-order valence-corrected chi connectivity index (χ2v) is 4.04. The minimum Gasteiger partial charge on any atom is -0.318 e. The smallest absolute Gasteiger partial charge is 0.131 e. The Morgan fingerprint density at radius 1 is 1.20 bits per heavy atom. The van der Waals surface area contributed by atoms with Crippen molar-refractivity contribution in [3.05, 3.63) is 33.8 Å². The lowest BCUT2D eigenvalue weighted by Crippen LogP contribution is -2.25. The third-order valence-electron chi connectivity index (χ3n) is 1.96. The average Bonchev–Trinajstić information content (AvgIpc) is 2.15. The van der Waals surface area contributed by atoms with Crippen LogP contribution < -0.4 is 10.6 Å². The van der Waals surface area contributed by atoms with Crippen molar-refractivity contribution in [3.8, 4) is 0 Å². The summed E-state index contributed by atoms with van der Waals surface area (Å²) in [5.41, 5.74) is 0.0781. The molecule has 0 aromatic heterocycles. The van der Waals surface area contributed by atoms with Gasteiger partial charge in [0.15, 0.2) is 0 Å². The summed E-state index contributed by atoms with van der Waals surface area (Å²) in [5.74, 6) is -1.06. The maximum atomic E-state index is 13.3. The number of likely N-dealkylation sites (N-methyl/N-ethyl adjacent to an activating group) is 1. The fourth-order valence-electron chi connectivity index (χ4n) is 1.17. The molecule has 15 heavy (non-hydrogen) atoms. The summed E-state index contributed by atoms with van der Waals surface area (Å²) in [7, 11) is 1.82. The van der Waals surface area contributed by atoms with Crippen LogP contribution >= 0.6 is 15.9 Å². The van der Waals surface area contributed by atoms with E-state index in [1.165, 1.54) is 12.1 Å². The monoisotopic (exact) mass is 278 g/mol. The topological polar surface area (TPSA) is 24.1 Å². The summed E-state index contributed by atoms with van der Waals surface area (Å²) in [6.07, 6.45) is 0. The van der Waals surface area contributed by atoms with E-state index in [4.69, 9.17) is 0 Å². The molecule has 0 aliphatic carbocycles. The predicted octanol–water partition coefficient (Wildman–Crippen LogP) is 2.04. The number of nitrogens with one attached hydrogen (secondary N) is 2. The molecule has 0 amide bonds. The van der Waals surface area contributed by atoms with Crippen LogP contribution in [0, 0.1) is 11.6 Å². The van der Waals surface area contributed by atoms with Crippen LogP contribution in [0.5, 0.6) is 0 Å². The molecule has 0 atom stereocenters. The van der Waals surface area contributed by atoms with Crippen LogP contribution in [0.15, 0.2) is 16.6 Å². The maximum Gasteiger partial charge on any atom is 0.131 e. The Bertz CT molecular complexity index is 308. The molecule has 1 rings (SSSR count). The predicted molar refractivity (Wildman–Crippen MR) is 59.7 cm³/mol. The van der Waals surface area contributed by atoms with Crippen LogP contribution in [-0.2, 0) is 6.54 Å². The van der Waals surface area contributed by atoms with Crippen molar-refractivity contribution in [1.82, 2.24) is 10.6 Å². The van der Waals surface area contributed by atoms with Crippen LogP contribution in [0.2, 0.25) is 0 Å². The van der Waals surface area contributed by atoms with Gasteiger partial charge in [-0.25, -0.2) is 8.78 Å². The van der Waals surface area contributed by atoms with Gasteiger partial charge in [0.2, 0.25) is 0 Å². The minimum atomic E-state index is -0.529. The molecule has 2 N–H and O–H groups in total. The van der Waals surface area contributed by atoms with E-state index in [2.05, 4.69) is 26.6 Å². The Kier molecular flexibility index (Phi) is 5.14. The Hall–Kier alpha value is -0.520. The molecule has 84 valence electrons. The first-order valence-electron chi connectivity index (χ1n) is 4.64. The molecule has 0 aliphatic rings. The second kappa shape index (κ2) is 6.15. The van der Waals surface area contributed by atoms with E-state index >= 15 is 0 Å². The van der Waals surface area contributed by atoms with Crippen molar-refractivity contribution < 1.29 is 8.78 Å². The molecule has 0 unspecified atom stereocenters. The molecular weight excluding hydrogens is 266 g/mol. The number of halogens is 3. The maximum absolute atomic E-state index is 13.3. The van der Waals surface area contributed by atoms with E-state index < -0.39 is 11.6 Å². The standard InChI is InChI=1S/C10H13BrF2N2/c1-14-2-3-15-6-8-9(12)4-7(11)5-10(8)13/h4-5,14-15H,2-3,6H2,1H3. The van der Waals surface area contributed by atoms with Gasteiger partial charge in [0, 0.05) is 29.7 Å². The normalized spacial score (nSPS) is 10.7. The van der Waals surface area contributed by atoms with Gasteiger partial charge in [-0.05, 0) is 19.2 Å². The molecule has 0 radical (unpaired) electrons. The first-order valence-corrected chi connectivity index (χ1v) is 5.43. The molecule has 5 heteroatoms. The Morgan fingerprint density at radius 2 is 1.80 bits per heavy atom.